The molecule has 0 aromatic carbocycles. The van der Waals surface area contributed by atoms with E-state index in [1.165, 1.54) is 11.8 Å². The lowest BCUT2D eigenvalue weighted by Crippen LogP contribution is -2.42. The van der Waals surface area contributed by atoms with Gasteiger partial charge in [-0.3, -0.25) is 4.79 Å². The summed E-state index contributed by atoms with van der Waals surface area (Å²) >= 11 is 6.37. The number of carbonyl (C=O) groups is 1. The van der Waals surface area contributed by atoms with Crippen LogP contribution >= 0.6 is 24.0 Å². The second kappa shape index (κ2) is 5.65. The van der Waals surface area contributed by atoms with Crippen LogP contribution in [-0.2, 0) is 19.0 Å². The van der Waals surface area contributed by atoms with E-state index in [9.17, 15) is 4.79 Å². The second-order valence-electron chi connectivity index (χ2n) is 4.07. The maximum Gasteiger partial charge on any atom is 0.220 e. The minimum absolute atomic E-state index is 0.194. The molecular formula is C11H16O4S2. The Morgan fingerprint density at radius 2 is 2.29 bits per heavy atom. The van der Waals surface area contributed by atoms with E-state index in [1.54, 1.807) is 0 Å². The van der Waals surface area contributed by atoms with E-state index in [0.29, 0.717) is 43.5 Å². The van der Waals surface area contributed by atoms with Crippen LogP contribution in [0.1, 0.15) is 26.2 Å². The van der Waals surface area contributed by atoms with E-state index < -0.39 is 5.79 Å². The van der Waals surface area contributed by atoms with Crippen molar-refractivity contribution in [3.8, 4) is 0 Å². The van der Waals surface area contributed by atoms with Gasteiger partial charge in [0.2, 0.25) is 4.38 Å². The number of carbonyl (C=O) groups excluding carboxylic acids is 1. The van der Waals surface area contributed by atoms with Gasteiger partial charge in [0.1, 0.15) is 5.78 Å². The molecule has 17 heavy (non-hydrogen) atoms. The van der Waals surface area contributed by atoms with Crippen molar-refractivity contribution in [2.75, 3.05) is 19.8 Å². The quantitative estimate of drug-likeness (QED) is 0.718. The Balaban J connectivity index is 1.95. The fraction of sp³-hybridized carbons (Fsp3) is 0.818. The van der Waals surface area contributed by atoms with Gasteiger partial charge in [-0.25, -0.2) is 0 Å². The van der Waals surface area contributed by atoms with Crippen LogP contribution in [0, 0.1) is 0 Å². The van der Waals surface area contributed by atoms with Gasteiger partial charge in [0, 0.05) is 19.3 Å². The van der Waals surface area contributed by atoms with Crippen molar-refractivity contribution in [1.29, 1.82) is 0 Å². The zero-order chi connectivity index (χ0) is 12.3. The first-order chi connectivity index (χ1) is 8.15. The maximum atomic E-state index is 11.8. The Kier molecular flexibility index (Phi) is 4.41. The van der Waals surface area contributed by atoms with Gasteiger partial charge in [-0.2, -0.15) is 0 Å². The third-order valence-electron chi connectivity index (χ3n) is 2.92. The standard InChI is InChI=1S/C11H16O4S2/c1-2-13-10(16)17-9-7-11(4-3-8(9)12)14-5-6-15-11/h9H,2-7H2,1H3. The molecule has 1 heterocycles. The molecule has 1 atom stereocenters. The van der Waals surface area contributed by atoms with Crippen LogP contribution in [0.25, 0.3) is 0 Å². The SMILES string of the molecule is CCOC(=S)SC1CC2(CCC1=O)OCCO2. The molecule has 1 aliphatic heterocycles. The van der Waals surface area contributed by atoms with E-state index in [2.05, 4.69) is 0 Å². The van der Waals surface area contributed by atoms with Gasteiger partial charge in [-0.1, -0.05) is 11.8 Å². The molecule has 4 nitrogen and oxygen atoms in total. The van der Waals surface area contributed by atoms with Crippen LogP contribution < -0.4 is 0 Å². The van der Waals surface area contributed by atoms with Crippen molar-refractivity contribution in [2.24, 2.45) is 0 Å². The summed E-state index contributed by atoms with van der Waals surface area (Å²) < 4.78 is 16.9. The molecule has 96 valence electrons. The van der Waals surface area contributed by atoms with Crippen molar-refractivity contribution in [3.63, 3.8) is 0 Å². The van der Waals surface area contributed by atoms with Gasteiger partial charge >= 0.3 is 0 Å². The molecule has 0 radical (unpaired) electrons. The first kappa shape index (κ1) is 13.3. The molecular weight excluding hydrogens is 260 g/mol. The van der Waals surface area contributed by atoms with Crippen LogP contribution in [-0.4, -0.2) is 41.0 Å². The second-order valence-corrected chi connectivity index (χ2v) is 5.87. The number of Topliss-reactive ketones (excluding diaryl/α,β-unsaturated/α-hetero) is 1. The van der Waals surface area contributed by atoms with Gasteiger partial charge in [-0.15, -0.1) is 0 Å². The first-order valence-corrected chi connectivity index (χ1v) is 7.08. The van der Waals surface area contributed by atoms with E-state index in [0.717, 1.165) is 0 Å². The smallest absolute Gasteiger partial charge is 0.220 e. The molecule has 2 rings (SSSR count). The Labute approximate surface area is 110 Å². The topological polar surface area (TPSA) is 44.8 Å². The highest BCUT2D eigenvalue weighted by molar-refractivity contribution is 8.23. The fourth-order valence-electron chi connectivity index (χ4n) is 2.11. The summed E-state index contributed by atoms with van der Waals surface area (Å²) in [6.45, 7) is 3.63. The number of thioether (sulfide) groups is 1. The highest BCUT2D eigenvalue weighted by atomic mass is 32.2. The van der Waals surface area contributed by atoms with Crippen molar-refractivity contribution >= 4 is 34.1 Å². The van der Waals surface area contributed by atoms with E-state index >= 15 is 0 Å². The van der Waals surface area contributed by atoms with Gasteiger partial charge in [0.05, 0.1) is 25.1 Å². The van der Waals surface area contributed by atoms with E-state index in [-0.39, 0.29) is 11.0 Å². The van der Waals surface area contributed by atoms with Crippen LogP contribution in [0.4, 0.5) is 0 Å². The number of ketones is 1. The lowest BCUT2D eigenvalue weighted by molar-refractivity contribution is -0.178. The summed E-state index contributed by atoms with van der Waals surface area (Å²) in [4.78, 5) is 11.8. The normalized spacial score (nSPS) is 27.4. The summed E-state index contributed by atoms with van der Waals surface area (Å²) in [6, 6.07) is 0. The monoisotopic (exact) mass is 276 g/mol. The van der Waals surface area contributed by atoms with Gasteiger partial charge in [0.15, 0.2) is 5.79 Å². The molecule has 1 unspecified atom stereocenters. The molecule has 2 aliphatic rings. The Hall–Kier alpha value is -0.170. The maximum absolute atomic E-state index is 11.8. The van der Waals surface area contributed by atoms with E-state index in [4.69, 9.17) is 26.4 Å². The largest absolute Gasteiger partial charge is 0.479 e. The summed E-state index contributed by atoms with van der Waals surface area (Å²) in [5.41, 5.74) is 0. The third kappa shape index (κ3) is 3.19. The van der Waals surface area contributed by atoms with Crippen LogP contribution in [0.2, 0.25) is 0 Å². The summed E-state index contributed by atoms with van der Waals surface area (Å²) in [5.74, 6) is -0.338. The number of rotatable bonds is 2. The van der Waals surface area contributed by atoms with Gasteiger partial charge in [-0.05, 0) is 19.1 Å². The van der Waals surface area contributed by atoms with Crippen molar-refractivity contribution in [3.05, 3.63) is 0 Å². The average molecular weight is 276 g/mol. The van der Waals surface area contributed by atoms with Crippen LogP contribution in [0.3, 0.4) is 0 Å². The Bertz CT molecular complexity index is 313. The molecule has 1 saturated heterocycles. The summed E-state index contributed by atoms with van der Waals surface area (Å²) in [7, 11) is 0. The molecule has 1 saturated carbocycles. The molecule has 1 spiro atoms. The average Bonchev–Trinajstić information content (AvgIpc) is 2.73. The minimum atomic E-state index is -0.548. The number of hydrogen-bond acceptors (Lipinski definition) is 6. The molecule has 1 aliphatic carbocycles. The molecule has 2 fully saturated rings. The minimum Gasteiger partial charge on any atom is -0.479 e. The first-order valence-electron chi connectivity index (χ1n) is 5.79. The van der Waals surface area contributed by atoms with Crippen LogP contribution in [0.15, 0.2) is 0 Å². The number of thiocarbonyl (C=S) groups is 1. The lowest BCUT2D eigenvalue weighted by Gasteiger charge is -2.34. The molecule has 0 aromatic rings. The predicted octanol–water partition coefficient (Wildman–Crippen LogP) is 1.91. The zero-order valence-corrected chi connectivity index (χ0v) is 11.4. The van der Waals surface area contributed by atoms with Crippen molar-refractivity contribution < 1.29 is 19.0 Å². The van der Waals surface area contributed by atoms with Gasteiger partial charge < -0.3 is 14.2 Å². The van der Waals surface area contributed by atoms with E-state index in [1.807, 2.05) is 6.92 Å². The van der Waals surface area contributed by atoms with Crippen LogP contribution in [0.5, 0.6) is 0 Å². The number of hydrogen-bond donors (Lipinski definition) is 0. The molecule has 0 bridgehead atoms. The van der Waals surface area contributed by atoms with Crippen molar-refractivity contribution in [2.45, 2.75) is 37.2 Å². The summed E-state index contributed by atoms with van der Waals surface area (Å²) in [6.07, 6.45) is 1.72. The molecule has 0 N–H and O–H groups in total. The zero-order valence-electron chi connectivity index (χ0n) is 9.77. The predicted molar refractivity (Wildman–Crippen MR) is 69.1 cm³/mol. The highest BCUT2D eigenvalue weighted by Crippen LogP contribution is 2.39. The van der Waals surface area contributed by atoms with Crippen molar-refractivity contribution in [1.82, 2.24) is 0 Å². The summed E-state index contributed by atoms with van der Waals surface area (Å²) in [5, 5.41) is -0.194. The number of ether oxygens (including phenoxy) is 3. The Morgan fingerprint density at radius 3 is 2.94 bits per heavy atom. The molecule has 0 amide bonds. The fourth-order valence-corrected chi connectivity index (χ4v) is 3.58. The Morgan fingerprint density at radius 1 is 1.59 bits per heavy atom. The highest BCUT2D eigenvalue weighted by Gasteiger charge is 2.45. The third-order valence-corrected chi connectivity index (χ3v) is 4.35. The van der Waals surface area contributed by atoms with Gasteiger partial charge in [0.25, 0.3) is 0 Å². The molecule has 6 heteroatoms. The lowest BCUT2D eigenvalue weighted by atomic mass is 9.92. The molecule has 0 aromatic heterocycles.